The van der Waals surface area contributed by atoms with Gasteiger partial charge in [-0.3, -0.25) is 4.98 Å². The molecule has 0 aliphatic rings. The first kappa shape index (κ1) is 14.0. The van der Waals surface area contributed by atoms with Crippen molar-refractivity contribution in [3.63, 3.8) is 0 Å². The summed E-state index contributed by atoms with van der Waals surface area (Å²) in [4.78, 5) is 4.87. The standard InChI is InChI=1S/C17H24N2/c1-11-6-7-12(2)16-15(11)13(3)8-14(19-16)9-17(4,5)10-18/h6-8H,9-10,18H2,1-5H3. The Morgan fingerprint density at radius 3 is 2.32 bits per heavy atom. The van der Waals surface area contributed by atoms with Crippen molar-refractivity contribution in [3.05, 3.63) is 40.6 Å². The number of nitrogens with two attached hydrogens (primary N) is 1. The van der Waals surface area contributed by atoms with Crippen molar-refractivity contribution >= 4 is 10.9 Å². The summed E-state index contributed by atoms with van der Waals surface area (Å²) in [7, 11) is 0. The predicted octanol–water partition coefficient (Wildman–Crippen LogP) is 3.69. The molecule has 1 aromatic carbocycles. The molecule has 2 nitrogen and oxygen atoms in total. The molecule has 2 heteroatoms. The molecule has 0 bridgehead atoms. The molecule has 0 saturated heterocycles. The third-order valence-corrected chi connectivity index (χ3v) is 3.83. The van der Waals surface area contributed by atoms with E-state index >= 15 is 0 Å². The predicted molar refractivity (Wildman–Crippen MR) is 82.5 cm³/mol. The zero-order valence-electron chi connectivity index (χ0n) is 12.7. The highest BCUT2D eigenvalue weighted by Gasteiger charge is 2.18. The van der Waals surface area contributed by atoms with Gasteiger partial charge in [0.25, 0.3) is 0 Å². The molecule has 0 aliphatic heterocycles. The SMILES string of the molecule is Cc1ccc(C)c2c(C)cc(CC(C)(C)CN)nc12. The van der Waals surface area contributed by atoms with Crippen LogP contribution in [-0.2, 0) is 6.42 Å². The van der Waals surface area contributed by atoms with E-state index in [1.54, 1.807) is 0 Å². The number of pyridine rings is 1. The minimum Gasteiger partial charge on any atom is -0.330 e. The summed E-state index contributed by atoms with van der Waals surface area (Å²) in [5.41, 5.74) is 12.1. The average molecular weight is 256 g/mol. The molecule has 19 heavy (non-hydrogen) atoms. The number of hydrogen-bond donors (Lipinski definition) is 1. The van der Waals surface area contributed by atoms with Crippen LogP contribution in [0.3, 0.4) is 0 Å². The second-order valence-corrected chi connectivity index (χ2v) is 6.40. The molecule has 0 atom stereocenters. The van der Waals surface area contributed by atoms with Crippen LogP contribution in [0.25, 0.3) is 10.9 Å². The first-order chi connectivity index (χ1) is 8.84. The van der Waals surface area contributed by atoms with Crippen molar-refractivity contribution in [2.45, 2.75) is 41.0 Å². The Bertz CT molecular complexity index is 612. The molecule has 1 aromatic heterocycles. The molecule has 2 N–H and O–H groups in total. The van der Waals surface area contributed by atoms with Crippen LogP contribution in [0.4, 0.5) is 0 Å². The Morgan fingerprint density at radius 1 is 1.05 bits per heavy atom. The van der Waals surface area contributed by atoms with Crippen LogP contribution in [0.5, 0.6) is 0 Å². The molecule has 0 fully saturated rings. The van der Waals surface area contributed by atoms with Crippen LogP contribution in [0.15, 0.2) is 18.2 Å². The van der Waals surface area contributed by atoms with Gasteiger partial charge in [-0.1, -0.05) is 26.0 Å². The van der Waals surface area contributed by atoms with E-state index in [9.17, 15) is 0 Å². The summed E-state index contributed by atoms with van der Waals surface area (Å²) < 4.78 is 0. The number of benzene rings is 1. The normalized spacial score (nSPS) is 12.1. The van der Waals surface area contributed by atoms with Gasteiger partial charge in [0.1, 0.15) is 0 Å². The first-order valence-electron chi connectivity index (χ1n) is 6.90. The number of hydrogen-bond acceptors (Lipinski definition) is 2. The van der Waals surface area contributed by atoms with Gasteiger partial charge in [-0.2, -0.15) is 0 Å². The Kier molecular flexibility index (Phi) is 3.64. The maximum Gasteiger partial charge on any atom is 0.0739 e. The fourth-order valence-corrected chi connectivity index (χ4v) is 2.59. The van der Waals surface area contributed by atoms with Crippen LogP contribution in [0.2, 0.25) is 0 Å². The highest BCUT2D eigenvalue weighted by atomic mass is 14.7. The van der Waals surface area contributed by atoms with E-state index in [4.69, 9.17) is 10.7 Å². The Labute approximate surface area is 116 Å². The van der Waals surface area contributed by atoms with Crippen molar-refractivity contribution in [1.29, 1.82) is 0 Å². The van der Waals surface area contributed by atoms with Crippen LogP contribution >= 0.6 is 0 Å². The lowest BCUT2D eigenvalue weighted by Crippen LogP contribution is -2.26. The van der Waals surface area contributed by atoms with Crippen molar-refractivity contribution < 1.29 is 0 Å². The van der Waals surface area contributed by atoms with E-state index in [1.807, 2.05) is 0 Å². The van der Waals surface area contributed by atoms with Crippen LogP contribution < -0.4 is 5.73 Å². The van der Waals surface area contributed by atoms with Gasteiger partial charge in [0.15, 0.2) is 0 Å². The van der Waals surface area contributed by atoms with E-state index in [1.165, 1.54) is 22.1 Å². The molecule has 0 radical (unpaired) electrons. The fraction of sp³-hybridized carbons (Fsp3) is 0.471. The van der Waals surface area contributed by atoms with Crippen molar-refractivity contribution in [1.82, 2.24) is 4.98 Å². The number of nitrogens with zero attached hydrogens (tertiary/aromatic N) is 1. The molecular weight excluding hydrogens is 232 g/mol. The van der Waals surface area contributed by atoms with Crippen LogP contribution in [0, 0.1) is 26.2 Å². The minimum atomic E-state index is 0.102. The molecule has 0 spiro atoms. The van der Waals surface area contributed by atoms with Crippen LogP contribution in [-0.4, -0.2) is 11.5 Å². The topological polar surface area (TPSA) is 38.9 Å². The van der Waals surface area contributed by atoms with Gasteiger partial charge < -0.3 is 5.73 Å². The van der Waals surface area contributed by atoms with Gasteiger partial charge in [0.2, 0.25) is 0 Å². The fourth-order valence-electron chi connectivity index (χ4n) is 2.59. The van der Waals surface area contributed by atoms with Gasteiger partial charge >= 0.3 is 0 Å². The zero-order valence-corrected chi connectivity index (χ0v) is 12.7. The van der Waals surface area contributed by atoms with Gasteiger partial charge in [0, 0.05) is 11.1 Å². The van der Waals surface area contributed by atoms with Crippen LogP contribution in [0.1, 0.15) is 36.2 Å². The Morgan fingerprint density at radius 2 is 1.68 bits per heavy atom. The summed E-state index contributed by atoms with van der Waals surface area (Å²) in [5, 5.41) is 1.30. The molecule has 2 aromatic rings. The average Bonchev–Trinajstić information content (AvgIpc) is 2.33. The summed E-state index contributed by atoms with van der Waals surface area (Å²) in [6, 6.07) is 6.55. The Hall–Kier alpha value is -1.41. The van der Waals surface area contributed by atoms with E-state index in [0.29, 0.717) is 6.54 Å². The van der Waals surface area contributed by atoms with E-state index in [0.717, 1.165) is 17.6 Å². The largest absolute Gasteiger partial charge is 0.330 e. The molecule has 0 unspecified atom stereocenters. The van der Waals surface area contributed by atoms with Gasteiger partial charge in [-0.15, -0.1) is 0 Å². The third-order valence-electron chi connectivity index (χ3n) is 3.83. The summed E-state index contributed by atoms with van der Waals surface area (Å²) in [6.07, 6.45) is 0.924. The summed E-state index contributed by atoms with van der Waals surface area (Å²) >= 11 is 0. The number of aryl methyl sites for hydroxylation is 3. The van der Waals surface area contributed by atoms with E-state index in [-0.39, 0.29) is 5.41 Å². The lowest BCUT2D eigenvalue weighted by atomic mass is 9.87. The third kappa shape index (κ3) is 2.79. The maximum absolute atomic E-state index is 5.83. The lowest BCUT2D eigenvalue weighted by molar-refractivity contribution is 0.373. The smallest absolute Gasteiger partial charge is 0.0739 e. The first-order valence-corrected chi connectivity index (χ1v) is 6.90. The molecule has 0 saturated carbocycles. The monoisotopic (exact) mass is 256 g/mol. The van der Waals surface area contributed by atoms with Crippen molar-refractivity contribution in [2.24, 2.45) is 11.1 Å². The highest BCUT2D eigenvalue weighted by molar-refractivity contribution is 5.88. The maximum atomic E-state index is 5.83. The lowest BCUT2D eigenvalue weighted by Gasteiger charge is -2.22. The molecule has 0 amide bonds. The molecule has 1 heterocycles. The van der Waals surface area contributed by atoms with Gasteiger partial charge in [0.05, 0.1) is 5.52 Å². The second-order valence-electron chi connectivity index (χ2n) is 6.40. The molecule has 0 aliphatic carbocycles. The van der Waals surface area contributed by atoms with Gasteiger partial charge in [-0.25, -0.2) is 0 Å². The highest BCUT2D eigenvalue weighted by Crippen LogP contribution is 2.27. The van der Waals surface area contributed by atoms with Gasteiger partial charge in [-0.05, 0) is 61.9 Å². The minimum absolute atomic E-state index is 0.102. The Balaban J connectivity index is 2.59. The van der Waals surface area contributed by atoms with E-state index in [2.05, 4.69) is 52.8 Å². The van der Waals surface area contributed by atoms with Crippen molar-refractivity contribution in [2.75, 3.05) is 6.54 Å². The van der Waals surface area contributed by atoms with E-state index < -0.39 is 0 Å². The quantitative estimate of drug-likeness (QED) is 0.909. The number of aromatic nitrogens is 1. The molecule has 2 rings (SSSR count). The summed E-state index contributed by atoms with van der Waals surface area (Å²) in [5.74, 6) is 0. The summed E-state index contributed by atoms with van der Waals surface area (Å²) in [6.45, 7) is 11.5. The van der Waals surface area contributed by atoms with Crippen molar-refractivity contribution in [3.8, 4) is 0 Å². The number of rotatable bonds is 3. The second kappa shape index (κ2) is 4.93. The zero-order chi connectivity index (χ0) is 14.2. The molecular formula is C17H24N2. The number of fused-ring (bicyclic) bond motifs is 1. The molecule has 102 valence electrons.